The summed E-state index contributed by atoms with van der Waals surface area (Å²) in [6.45, 7) is 11.4. The molecule has 1 unspecified atom stereocenters. The van der Waals surface area contributed by atoms with Gasteiger partial charge in [0.15, 0.2) is 0 Å². The Bertz CT molecular complexity index is 477. The minimum atomic E-state index is -0.120. The molecule has 5 nitrogen and oxygen atoms in total. The molecule has 0 saturated carbocycles. The van der Waals surface area contributed by atoms with Crippen LogP contribution in [-0.2, 0) is 14.3 Å². The minimum Gasteiger partial charge on any atom is -0.380 e. The smallest absolute Gasteiger partial charge is 0.246 e. The highest BCUT2D eigenvalue weighted by atomic mass is 16.5. The fourth-order valence-corrected chi connectivity index (χ4v) is 2.85. The molecule has 0 saturated heterocycles. The maximum Gasteiger partial charge on any atom is 0.246 e. The Labute approximate surface area is 160 Å². The van der Waals surface area contributed by atoms with E-state index >= 15 is 0 Å². The SMILES string of the molecule is CNCC(C)(C)COCC(C)(C)CNC(=O)COC1C#CCCCCC1. The molecule has 0 bridgehead atoms. The van der Waals surface area contributed by atoms with Crippen molar-refractivity contribution in [2.24, 2.45) is 10.8 Å². The molecule has 26 heavy (non-hydrogen) atoms. The predicted molar refractivity (Wildman–Crippen MR) is 106 cm³/mol. The highest BCUT2D eigenvalue weighted by Gasteiger charge is 2.23. The summed E-state index contributed by atoms with van der Waals surface area (Å²) in [6.07, 6.45) is 5.23. The van der Waals surface area contributed by atoms with Gasteiger partial charge in [0.05, 0.1) is 13.2 Å². The molecule has 0 aromatic carbocycles. The van der Waals surface area contributed by atoms with Gasteiger partial charge < -0.3 is 20.1 Å². The number of hydrogen-bond acceptors (Lipinski definition) is 4. The maximum atomic E-state index is 12.1. The zero-order valence-electron chi connectivity index (χ0n) is 17.4. The van der Waals surface area contributed by atoms with E-state index in [0.29, 0.717) is 19.8 Å². The number of amides is 1. The Kier molecular flexibility index (Phi) is 10.2. The van der Waals surface area contributed by atoms with E-state index in [1.54, 1.807) is 0 Å². The topological polar surface area (TPSA) is 59.6 Å². The Morgan fingerprint density at radius 2 is 1.77 bits per heavy atom. The van der Waals surface area contributed by atoms with Gasteiger partial charge in [-0.3, -0.25) is 4.79 Å². The van der Waals surface area contributed by atoms with Crippen molar-refractivity contribution < 1.29 is 14.3 Å². The molecule has 0 radical (unpaired) electrons. The number of ether oxygens (including phenoxy) is 2. The second-order valence-electron chi connectivity index (χ2n) is 8.85. The van der Waals surface area contributed by atoms with Crippen LogP contribution >= 0.6 is 0 Å². The second kappa shape index (κ2) is 11.6. The Morgan fingerprint density at radius 3 is 2.46 bits per heavy atom. The monoisotopic (exact) mass is 366 g/mol. The summed E-state index contributed by atoms with van der Waals surface area (Å²) in [4.78, 5) is 12.1. The largest absolute Gasteiger partial charge is 0.380 e. The van der Waals surface area contributed by atoms with Crippen LogP contribution in [-0.4, -0.2) is 52.0 Å². The van der Waals surface area contributed by atoms with Crippen LogP contribution in [0.15, 0.2) is 0 Å². The third-order valence-corrected chi connectivity index (χ3v) is 4.35. The van der Waals surface area contributed by atoms with E-state index in [2.05, 4.69) is 50.2 Å². The number of hydrogen-bond donors (Lipinski definition) is 2. The molecule has 2 N–H and O–H groups in total. The van der Waals surface area contributed by atoms with E-state index in [-0.39, 0.29) is 29.4 Å². The molecule has 0 aliphatic heterocycles. The van der Waals surface area contributed by atoms with Gasteiger partial charge in [0.25, 0.3) is 0 Å². The fraction of sp³-hybridized carbons (Fsp3) is 0.857. The van der Waals surface area contributed by atoms with Crippen molar-refractivity contribution in [1.29, 1.82) is 0 Å². The van der Waals surface area contributed by atoms with E-state index in [1.807, 2.05) is 7.05 Å². The molecule has 150 valence electrons. The summed E-state index contributed by atoms with van der Waals surface area (Å²) in [7, 11) is 1.95. The number of rotatable bonds is 11. The molecule has 0 aromatic heterocycles. The lowest BCUT2D eigenvalue weighted by molar-refractivity contribution is -0.127. The third-order valence-electron chi connectivity index (χ3n) is 4.35. The molecule has 0 spiro atoms. The average Bonchev–Trinajstić information content (AvgIpc) is 2.51. The quantitative estimate of drug-likeness (QED) is 0.552. The molecule has 0 aromatic rings. The van der Waals surface area contributed by atoms with E-state index in [4.69, 9.17) is 9.47 Å². The van der Waals surface area contributed by atoms with Crippen LogP contribution < -0.4 is 10.6 Å². The fourth-order valence-electron chi connectivity index (χ4n) is 2.85. The highest BCUT2D eigenvalue weighted by Crippen LogP contribution is 2.18. The van der Waals surface area contributed by atoms with E-state index in [9.17, 15) is 4.79 Å². The van der Waals surface area contributed by atoms with Crippen molar-refractivity contribution >= 4 is 5.91 Å². The van der Waals surface area contributed by atoms with Gasteiger partial charge in [-0.2, -0.15) is 0 Å². The first kappa shape index (κ1) is 23.0. The van der Waals surface area contributed by atoms with Gasteiger partial charge in [-0.25, -0.2) is 0 Å². The van der Waals surface area contributed by atoms with E-state index in [0.717, 1.165) is 25.8 Å². The van der Waals surface area contributed by atoms with Crippen molar-refractivity contribution in [3.05, 3.63) is 0 Å². The molecule has 1 aliphatic rings. The highest BCUT2D eigenvalue weighted by molar-refractivity contribution is 5.77. The normalized spacial score (nSPS) is 18.4. The van der Waals surface area contributed by atoms with Crippen molar-refractivity contribution in [2.75, 3.05) is 40.0 Å². The van der Waals surface area contributed by atoms with Gasteiger partial charge >= 0.3 is 0 Å². The predicted octanol–water partition coefficient (Wildman–Crippen LogP) is 2.74. The summed E-state index contributed by atoms with van der Waals surface area (Å²) in [5.41, 5.74) is -0.0219. The molecule has 0 heterocycles. The van der Waals surface area contributed by atoms with Crippen LogP contribution in [0.1, 0.15) is 59.8 Å². The molecular weight excluding hydrogens is 328 g/mol. The zero-order valence-corrected chi connectivity index (χ0v) is 17.4. The van der Waals surface area contributed by atoms with Gasteiger partial charge in [-0.05, 0) is 26.3 Å². The first-order chi connectivity index (χ1) is 12.2. The van der Waals surface area contributed by atoms with E-state index < -0.39 is 0 Å². The van der Waals surface area contributed by atoms with Crippen molar-refractivity contribution in [1.82, 2.24) is 10.6 Å². The molecular formula is C21H38N2O3. The van der Waals surface area contributed by atoms with Crippen LogP contribution in [0.2, 0.25) is 0 Å². The third kappa shape index (κ3) is 10.8. The molecule has 1 amide bonds. The van der Waals surface area contributed by atoms with Gasteiger partial charge in [0.2, 0.25) is 5.91 Å². The Morgan fingerprint density at radius 1 is 1.08 bits per heavy atom. The van der Waals surface area contributed by atoms with Crippen molar-refractivity contribution in [3.8, 4) is 11.8 Å². The zero-order chi connectivity index (χ0) is 19.5. The number of carbonyl (C=O) groups excluding carboxylic acids is 1. The Hall–Kier alpha value is -1.09. The van der Waals surface area contributed by atoms with Crippen molar-refractivity contribution in [3.63, 3.8) is 0 Å². The van der Waals surface area contributed by atoms with Gasteiger partial charge in [-0.1, -0.05) is 40.0 Å². The lowest BCUT2D eigenvalue weighted by Crippen LogP contribution is -2.40. The molecule has 0 fully saturated rings. The van der Waals surface area contributed by atoms with Crippen molar-refractivity contribution in [2.45, 2.75) is 65.9 Å². The summed E-state index contributed by atoms with van der Waals surface area (Å²) in [5, 5.41) is 6.14. The summed E-state index contributed by atoms with van der Waals surface area (Å²) in [6, 6.07) is 0. The number of carbonyl (C=O) groups is 1. The van der Waals surface area contributed by atoms with Crippen LogP contribution in [0.3, 0.4) is 0 Å². The molecule has 5 heteroatoms. The average molecular weight is 367 g/mol. The van der Waals surface area contributed by atoms with Crippen LogP contribution in [0, 0.1) is 22.7 Å². The second-order valence-corrected chi connectivity index (χ2v) is 8.85. The van der Waals surface area contributed by atoms with Gasteiger partial charge in [-0.15, -0.1) is 5.92 Å². The first-order valence-corrected chi connectivity index (χ1v) is 9.83. The number of nitrogens with one attached hydrogen (secondary N) is 2. The maximum absolute atomic E-state index is 12.1. The minimum absolute atomic E-state index is 0.0749. The Balaban J connectivity index is 2.24. The molecule has 1 atom stereocenters. The summed E-state index contributed by atoms with van der Waals surface area (Å²) in [5.74, 6) is 6.17. The molecule has 1 aliphatic carbocycles. The molecule has 1 rings (SSSR count). The van der Waals surface area contributed by atoms with Crippen LogP contribution in [0.5, 0.6) is 0 Å². The summed E-state index contributed by atoms with van der Waals surface area (Å²) >= 11 is 0. The van der Waals surface area contributed by atoms with E-state index in [1.165, 1.54) is 12.8 Å². The standard InChI is InChI=1S/C21H38N2O3/c1-20(2,14-22-5)16-25-17-21(3,4)15-23-19(24)13-26-18-11-9-7-6-8-10-12-18/h18,22H,6-9,11,13-17H2,1-5H3,(H,23,24). The van der Waals surface area contributed by atoms with Gasteiger partial charge in [0, 0.05) is 30.3 Å². The first-order valence-electron chi connectivity index (χ1n) is 9.83. The van der Waals surface area contributed by atoms with Gasteiger partial charge in [0.1, 0.15) is 12.7 Å². The van der Waals surface area contributed by atoms with Crippen LogP contribution in [0.4, 0.5) is 0 Å². The lowest BCUT2D eigenvalue weighted by Gasteiger charge is -2.29. The van der Waals surface area contributed by atoms with Crippen LogP contribution in [0.25, 0.3) is 0 Å². The lowest BCUT2D eigenvalue weighted by atomic mass is 9.93. The summed E-state index contributed by atoms with van der Waals surface area (Å²) < 4.78 is 11.6.